The van der Waals surface area contributed by atoms with E-state index in [0.29, 0.717) is 12.0 Å². The van der Waals surface area contributed by atoms with E-state index in [1.54, 1.807) is 12.1 Å². The van der Waals surface area contributed by atoms with Crippen molar-refractivity contribution in [1.29, 1.82) is 0 Å². The van der Waals surface area contributed by atoms with Gasteiger partial charge in [-0.15, -0.1) is 0 Å². The Hall–Kier alpha value is -1.83. The Morgan fingerprint density at radius 2 is 1.76 bits per heavy atom. The van der Waals surface area contributed by atoms with Crippen molar-refractivity contribution in [3.8, 4) is 0 Å². The van der Waals surface area contributed by atoms with Gasteiger partial charge in [-0.1, -0.05) is 43.7 Å². The normalized spacial score (nSPS) is 20.9. The number of hydrogen-bond donors (Lipinski definition) is 1. The monoisotopic (exact) mass is 283 g/mol. The lowest BCUT2D eigenvalue weighted by Crippen LogP contribution is -2.34. The molecule has 1 aliphatic rings. The molecule has 0 bridgehead atoms. The Morgan fingerprint density at radius 1 is 1.05 bits per heavy atom. The summed E-state index contributed by atoms with van der Waals surface area (Å²) in [5.41, 5.74) is 3.95. The van der Waals surface area contributed by atoms with E-state index < -0.39 is 0 Å². The van der Waals surface area contributed by atoms with Crippen molar-refractivity contribution in [1.82, 2.24) is 0 Å². The van der Waals surface area contributed by atoms with Crippen molar-refractivity contribution in [2.45, 2.75) is 44.6 Å². The van der Waals surface area contributed by atoms with Gasteiger partial charge in [-0.25, -0.2) is 4.39 Å². The van der Waals surface area contributed by atoms with Crippen LogP contribution in [0.4, 0.5) is 10.1 Å². The van der Waals surface area contributed by atoms with Crippen LogP contribution in [0, 0.1) is 5.82 Å². The summed E-state index contributed by atoms with van der Waals surface area (Å²) >= 11 is 0. The molecule has 0 amide bonds. The Bertz CT molecular complexity index is 585. The van der Waals surface area contributed by atoms with Gasteiger partial charge in [0.2, 0.25) is 0 Å². The first kappa shape index (κ1) is 14.1. The molecule has 2 aromatic rings. The molecule has 1 saturated carbocycles. The van der Waals surface area contributed by atoms with Crippen LogP contribution in [0.1, 0.15) is 43.2 Å². The second kappa shape index (κ2) is 6.30. The van der Waals surface area contributed by atoms with Crippen LogP contribution in [0.2, 0.25) is 0 Å². The molecule has 0 radical (unpaired) electrons. The Balaban J connectivity index is 1.58. The van der Waals surface area contributed by atoms with Gasteiger partial charge in [0.05, 0.1) is 0 Å². The molecule has 0 heterocycles. The molecule has 0 aromatic heterocycles. The maximum atomic E-state index is 12.9. The molecule has 2 heteroatoms. The van der Waals surface area contributed by atoms with Crippen LogP contribution in [-0.4, -0.2) is 6.04 Å². The van der Waals surface area contributed by atoms with Gasteiger partial charge in [0.1, 0.15) is 5.82 Å². The van der Waals surface area contributed by atoms with Crippen LogP contribution >= 0.6 is 0 Å². The molecular formula is C19H22FN. The standard InChI is InChI=1S/C19H22FN/c1-2-5-15-6-3-4-7-19(15)21-18-12-16(13-18)14-8-10-17(20)11-9-14/h3-4,6-11,16,18,21H,2,5,12-13H2,1H3. The first-order chi connectivity index (χ1) is 10.3. The highest BCUT2D eigenvalue weighted by molar-refractivity contribution is 5.52. The van der Waals surface area contributed by atoms with Crippen molar-refractivity contribution >= 4 is 5.69 Å². The molecule has 0 spiro atoms. The maximum Gasteiger partial charge on any atom is 0.123 e. The minimum Gasteiger partial charge on any atom is -0.382 e. The van der Waals surface area contributed by atoms with Crippen molar-refractivity contribution in [3.63, 3.8) is 0 Å². The van der Waals surface area contributed by atoms with Crippen molar-refractivity contribution in [2.75, 3.05) is 5.32 Å². The summed E-state index contributed by atoms with van der Waals surface area (Å²) in [5, 5.41) is 3.67. The number of rotatable bonds is 5. The van der Waals surface area contributed by atoms with E-state index in [-0.39, 0.29) is 5.82 Å². The summed E-state index contributed by atoms with van der Waals surface area (Å²) in [6, 6.07) is 16.1. The molecular weight excluding hydrogens is 261 g/mol. The summed E-state index contributed by atoms with van der Waals surface area (Å²) < 4.78 is 12.9. The zero-order valence-electron chi connectivity index (χ0n) is 12.5. The number of para-hydroxylation sites is 1. The van der Waals surface area contributed by atoms with Crippen LogP contribution < -0.4 is 5.32 Å². The average molecular weight is 283 g/mol. The van der Waals surface area contributed by atoms with Crippen LogP contribution in [0.3, 0.4) is 0 Å². The topological polar surface area (TPSA) is 12.0 Å². The van der Waals surface area contributed by atoms with Gasteiger partial charge in [-0.3, -0.25) is 0 Å². The zero-order chi connectivity index (χ0) is 14.7. The van der Waals surface area contributed by atoms with E-state index in [2.05, 4.69) is 36.5 Å². The smallest absolute Gasteiger partial charge is 0.123 e. The minimum atomic E-state index is -0.152. The molecule has 0 aliphatic heterocycles. The highest BCUT2D eigenvalue weighted by Gasteiger charge is 2.30. The molecule has 2 aromatic carbocycles. The highest BCUT2D eigenvalue weighted by atomic mass is 19.1. The largest absolute Gasteiger partial charge is 0.382 e. The molecule has 0 saturated heterocycles. The second-order valence-corrected chi connectivity index (χ2v) is 5.97. The Morgan fingerprint density at radius 3 is 2.48 bits per heavy atom. The molecule has 0 atom stereocenters. The molecule has 21 heavy (non-hydrogen) atoms. The molecule has 3 rings (SSSR count). The van der Waals surface area contributed by atoms with Gasteiger partial charge in [-0.05, 0) is 54.5 Å². The third-order valence-corrected chi connectivity index (χ3v) is 4.38. The number of nitrogens with one attached hydrogen (secondary N) is 1. The quantitative estimate of drug-likeness (QED) is 0.801. The number of anilines is 1. The lowest BCUT2D eigenvalue weighted by molar-refractivity contribution is 0.373. The van der Waals surface area contributed by atoms with E-state index in [9.17, 15) is 4.39 Å². The van der Waals surface area contributed by atoms with Crippen LogP contribution in [0.15, 0.2) is 48.5 Å². The summed E-state index contributed by atoms with van der Waals surface area (Å²) in [5.74, 6) is 0.419. The molecule has 1 aliphatic carbocycles. The predicted molar refractivity (Wildman–Crippen MR) is 86.2 cm³/mol. The molecule has 1 nitrogen and oxygen atoms in total. The van der Waals surface area contributed by atoms with E-state index in [1.165, 1.54) is 23.2 Å². The van der Waals surface area contributed by atoms with Crippen LogP contribution in [0.25, 0.3) is 0 Å². The number of aryl methyl sites for hydroxylation is 1. The number of halogens is 1. The van der Waals surface area contributed by atoms with Crippen molar-refractivity contribution < 1.29 is 4.39 Å². The van der Waals surface area contributed by atoms with E-state index in [1.807, 2.05) is 12.1 Å². The van der Waals surface area contributed by atoms with Gasteiger partial charge >= 0.3 is 0 Å². The van der Waals surface area contributed by atoms with Crippen LogP contribution in [-0.2, 0) is 6.42 Å². The van der Waals surface area contributed by atoms with Crippen molar-refractivity contribution in [3.05, 3.63) is 65.5 Å². The third kappa shape index (κ3) is 3.26. The SMILES string of the molecule is CCCc1ccccc1NC1CC(c2ccc(F)cc2)C1. The van der Waals surface area contributed by atoms with Gasteiger partial charge in [0, 0.05) is 11.7 Å². The van der Waals surface area contributed by atoms with Gasteiger partial charge in [0.25, 0.3) is 0 Å². The predicted octanol–water partition coefficient (Wildman–Crippen LogP) is 5.14. The van der Waals surface area contributed by atoms with Gasteiger partial charge in [0.15, 0.2) is 0 Å². The van der Waals surface area contributed by atoms with E-state index in [0.717, 1.165) is 19.3 Å². The fraction of sp³-hybridized carbons (Fsp3) is 0.368. The number of benzene rings is 2. The molecule has 110 valence electrons. The highest BCUT2D eigenvalue weighted by Crippen LogP contribution is 2.38. The minimum absolute atomic E-state index is 0.152. The summed E-state index contributed by atoms with van der Waals surface area (Å²) in [6.45, 7) is 2.21. The fourth-order valence-corrected chi connectivity index (χ4v) is 3.11. The third-order valence-electron chi connectivity index (χ3n) is 4.38. The summed E-state index contributed by atoms with van der Waals surface area (Å²) in [4.78, 5) is 0. The maximum absolute atomic E-state index is 12.9. The van der Waals surface area contributed by atoms with E-state index >= 15 is 0 Å². The molecule has 0 unspecified atom stereocenters. The van der Waals surface area contributed by atoms with E-state index in [4.69, 9.17) is 0 Å². The fourth-order valence-electron chi connectivity index (χ4n) is 3.11. The Labute approximate surface area is 126 Å². The Kier molecular flexibility index (Phi) is 4.23. The number of hydrogen-bond acceptors (Lipinski definition) is 1. The average Bonchev–Trinajstić information content (AvgIpc) is 2.46. The summed E-state index contributed by atoms with van der Waals surface area (Å²) in [7, 11) is 0. The molecule has 1 N–H and O–H groups in total. The molecule has 1 fully saturated rings. The first-order valence-electron chi connectivity index (χ1n) is 7.86. The lowest BCUT2D eigenvalue weighted by Gasteiger charge is -2.37. The summed E-state index contributed by atoms with van der Waals surface area (Å²) in [6.07, 6.45) is 4.55. The lowest BCUT2D eigenvalue weighted by atomic mass is 9.75. The van der Waals surface area contributed by atoms with Crippen LogP contribution in [0.5, 0.6) is 0 Å². The second-order valence-electron chi connectivity index (χ2n) is 5.97. The van der Waals surface area contributed by atoms with Crippen molar-refractivity contribution in [2.24, 2.45) is 0 Å². The van der Waals surface area contributed by atoms with Gasteiger partial charge < -0.3 is 5.32 Å². The zero-order valence-corrected chi connectivity index (χ0v) is 12.5. The van der Waals surface area contributed by atoms with Gasteiger partial charge in [-0.2, -0.15) is 0 Å². The first-order valence-corrected chi connectivity index (χ1v) is 7.86.